The molecular weight excluding hydrogens is 202 g/mol. The van der Waals surface area contributed by atoms with Crippen LogP contribution in [0.3, 0.4) is 0 Å². The number of rotatable bonds is 3. The molecule has 0 spiro atoms. The molecule has 88 valence electrons. The lowest BCUT2D eigenvalue weighted by Gasteiger charge is -2.29. The van der Waals surface area contributed by atoms with E-state index in [0.29, 0.717) is 0 Å². The van der Waals surface area contributed by atoms with Gasteiger partial charge in [0.1, 0.15) is 0 Å². The second-order valence-electron chi connectivity index (χ2n) is 4.09. The van der Waals surface area contributed by atoms with Crippen molar-refractivity contribution in [2.75, 3.05) is 32.2 Å². The van der Waals surface area contributed by atoms with Gasteiger partial charge < -0.3 is 14.4 Å². The zero-order chi connectivity index (χ0) is 11.4. The van der Waals surface area contributed by atoms with E-state index in [1.165, 1.54) is 24.9 Å². The fraction of sp³-hybridized carbons (Fsp3) is 0.538. The lowest BCUT2D eigenvalue weighted by Crippen LogP contribution is -2.29. The molecule has 0 bridgehead atoms. The molecule has 3 nitrogen and oxygen atoms in total. The highest BCUT2D eigenvalue weighted by atomic mass is 16.5. The van der Waals surface area contributed by atoms with Crippen LogP contribution in [0.15, 0.2) is 18.2 Å². The lowest BCUT2D eigenvalue weighted by atomic mass is 10.1. The molecule has 1 heterocycles. The third-order valence-electron chi connectivity index (χ3n) is 3.09. The molecule has 0 radical (unpaired) electrons. The van der Waals surface area contributed by atoms with E-state index in [4.69, 9.17) is 9.47 Å². The Morgan fingerprint density at radius 3 is 2.25 bits per heavy atom. The number of hydrogen-bond donors (Lipinski definition) is 0. The van der Waals surface area contributed by atoms with Crippen molar-refractivity contribution >= 4 is 5.69 Å². The van der Waals surface area contributed by atoms with Gasteiger partial charge in [0.25, 0.3) is 0 Å². The monoisotopic (exact) mass is 221 g/mol. The van der Waals surface area contributed by atoms with Crippen LogP contribution >= 0.6 is 0 Å². The maximum Gasteiger partial charge on any atom is 0.162 e. The second-order valence-corrected chi connectivity index (χ2v) is 4.09. The van der Waals surface area contributed by atoms with Crippen molar-refractivity contribution in [2.24, 2.45) is 0 Å². The average molecular weight is 221 g/mol. The van der Waals surface area contributed by atoms with Gasteiger partial charge >= 0.3 is 0 Å². The van der Waals surface area contributed by atoms with Gasteiger partial charge in [0.2, 0.25) is 0 Å². The van der Waals surface area contributed by atoms with Crippen LogP contribution in [-0.4, -0.2) is 27.3 Å². The molecule has 1 aliphatic rings. The predicted molar refractivity (Wildman–Crippen MR) is 65.6 cm³/mol. The lowest BCUT2D eigenvalue weighted by molar-refractivity contribution is 0.355. The minimum Gasteiger partial charge on any atom is -0.493 e. The SMILES string of the molecule is COc1ccc(N2CCCCC2)cc1OC. The topological polar surface area (TPSA) is 21.7 Å². The van der Waals surface area contributed by atoms with Crippen LogP contribution < -0.4 is 14.4 Å². The van der Waals surface area contributed by atoms with Crippen molar-refractivity contribution in [2.45, 2.75) is 19.3 Å². The van der Waals surface area contributed by atoms with E-state index in [9.17, 15) is 0 Å². The third-order valence-corrected chi connectivity index (χ3v) is 3.09. The van der Waals surface area contributed by atoms with E-state index in [-0.39, 0.29) is 0 Å². The molecule has 1 fully saturated rings. The zero-order valence-corrected chi connectivity index (χ0v) is 10.0. The Morgan fingerprint density at radius 2 is 1.62 bits per heavy atom. The first-order chi connectivity index (χ1) is 7.85. The molecule has 0 atom stereocenters. The second kappa shape index (κ2) is 5.10. The largest absolute Gasteiger partial charge is 0.493 e. The first kappa shape index (κ1) is 11.1. The van der Waals surface area contributed by atoms with Crippen molar-refractivity contribution in [1.29, 1.82) is 0 Å². The molecule has 0 unspecified atom stereocenters. The van der Waals surface area contributed by atoms with E-state index in [1.54, 1.807) is 14.2 Å². The molecule has 1 aliphatic heterocycles. The van der Waals surface area contributed by atoms with Gasteiger partial charge in [0.05, 0.1) is 14.2 Å². The van der Waals surface area contributed by atoms with E-state index in [0.717, 1.165) is 24.6 Å². The maximum atomic E-state index is 5.32. The van der Waals surface area contributed by atoms with E-state index >= 15 is 0 Å². The summed E-state index contributed by atoms with van der Waals surface area (Å²) in [6.07, 6.45) is 3.92. The van der Waals surface area contributed by atoms with Crippen LogP contribution in [0.1, 0.15) is 19.3 Å². The first-order valence-electron chi connectivity index (χ1n) is 5.82. The van der Waals surface area contributed by atoms with E-state index in [1.807, 2.05) is 6.07 Å². The summed E-state index contributed by atoms with van der Waals surface area (Å²) in [7, 11) is 3.34. The van der Waals surface area contributed by atoms with Crippen molar-refractivity contribution in [1.82, 2.24) is 0 Å². The van der Waals surface area contributed by atoms with Crippen molar-refractivity contribution in [3.63, 3.8) is 0 Å². The Hall–Kier alpha value is -1.38. The predicted octanol–water partition coefficient (Wildman–Crippen LogP) is 2.69. The fourth-order valence-corrected chi connectivity index (χ4v) is 2.17. The number of ether oxygens (including phenoxy) is 2. The van der Waals surface area contributed by atoms with Gasteiger partial charge in [-0.2, -0.15) is 0 Å². The Balaban J connectivity index is 2.20. The highest BCUT2D eigenvalue weighted by Gasteiger charge is 2.13. The number of benzene rings is 1. The van der Waals surface area contributed by atoms with Gasteiger partial charge in [-0.3, -0.25) is 0 Å². The minimum atomic E-state index is 0.795. The highest BCUT2D eigenvalue weighted by Crippen LogP contribution is 2.32. The van der Waals surface area contributed by atoms with Gasteiger partial charge in [-0.15, -0.1) is 0 Å². The summed E-state index contributed by atoms with van der Waals surface area (Å²) in [4.78, 5) is 2.41. The molecular formula is C13H19NO2. The smallest absolute Gasteiger partial charge is 0.162 e. The Bertz CT molecular complexity index is 346. The van der Waals surface area contributed by atoms with E-state index < -0.39 is 0 Å². The standard InChI is InChI=1S/C13H19NO2/c1-15-12-7-6-11(10-13(12)16-2)14-8-4-3-5-9-14/h6-7,10H,3-5,8-9H2,1-2H3. The molecule has 0 N–H and O–H groups in total. The van der Waals surface area contributed by atoms with Gasteiger partial charge in [0.15, 0.2) is 11.5 Å². The van der Waals surface area contributed by atoms with Crippen LogP contribution in [0.2, 0.25) is 0 Å². The molecule has 0 saturated carbocycles. The summed E-state index contributed by atoms with van der Waals surface area (Å²) < 4.78 is 10.6. The zero-order valence-electron chi connectivity index (χ0n) is 10.0. The van der Waals surface area contributed by atoms with Crippen LogP contribution in [0.5, 0.6) is 11.5 Å². The normalized spacial score (nSPS) is 16.0. The van der Waals surface area contributed by atoms with Crippen LogP contribution in [-0.2, 0) is 0 Å². The average Bonchev–Trinajstić information content (AvgIpc) is 2.39. The summed E-state index contributed by atoms with van der Waals surface area (Å²) in [6, 6.07) is 6.14. The number of piperidine rings is 1. The summed E-state index contributed by atoms with van der Waals surface area (Å²) >= 11 is 0. The molecule has 16 heavy (non-hydrogen) atoms. The van der Waals surface area contributed by atoms with Crippen molar-refractivity contribution in [3.8, 4) is 11.5 Å². The Labute approximate surface area is 97.0 Å². The van der Waals surface area contributed by atoms with Crippen LogP contribution in [0.25, 0.3) is 0 Å². The molecule has 0 aliphatic carbocycles. The van der Waals surface area contributed by atoms with Gasteiger partial charge in [-0.25, -0.2) is 0 Å². The summed E-state index contributed by atoms with van der Waals surface area (Å²) in [6.45, 7) is 2.30. The molecule has 3 heteroatoms. The molecule has 0 aromatic heterocycles. The third kappa shape index (κ3) is 2.23. The minimum absolute atomic E-state index is 0.795. The summed E-state index contributed by atoms with van der Waals surface area (Å²) in [5.41, 5.74) is 1.23. The Morgan fingerprint density at radius 1 is 0.938 bits per heavy atom. The number of hydrogen-bond acceptors (Lipinski definition) is 3. The fourth-order valence-electron chi connectivity index (χ4n) is 2.17. The number of methoxy groups -OCH3 is 2. The summed E-state index contributed by atoms with van der Waals surface area (Å²) in [5, 5.41) is 0. The van der Waals surface area contributed by atoms with Gasteiger partial charge in [-0.05, 0) is 31.4 Å². The van der Waals surface area contributed by atoms with Gasteiger partial charge in [0, 0.05) is 24.8 Å². The van der Waals surface area contributed by atoms with Crippen molar-refractivity contribution in [3.05, 3.63) is 18.2 Å². The maximum absolute atomic E-state index is 5.32. The molecule has 1 saturated heterocycles. The number of nitrogens with zero attached hydrogens (tertiary/aromatic N) is 1. The van der Waals surface area contributed by atoms with Crippen LogP contribution in [0, 0.1) is 0 Å². The van der Waals surface area contributed by atoms with Gasteiger partial charge in [-0.1, -0.05) is 0 Å². The number of anilines is 1. The molecule has 2 rings (SSSR count). The summed E-state index contributed by atoms with van der Waals surface area (Å²) in [5.74, 6) is 1.61. The highest BCUT2D eigenvalue weighted by molar-refractivity contribution is 5.56. The van der Waals surface area contributed by atoms with Crippen molar-refractivity contribution < 1.29 is 9.47 Å². The molecule has 1 aromatic rings. The van der Waals surface area contributed by atoms with E-state index in [2.05, 4.69) is 17.0 Å². The molecule has 0 amide bonds. The quantitative estimate of drug-likeness (QED) is 0.783. The van der Waals surface area contributed by atoms with Crippen LogP contribution in [0.4, 0.5) is 5.69 Å². The molecule has 1 aromatic carbocycles. The first-order valence-corrected chi connectivity index (χ1v) is 5.82. The Kier molecular flexibility index (Phi) is 3.54.